The van der Waals surface area contributed by atoms with Crippen LogP contribution in [0, 0.1) is 0 Å². The van der Waals surface area contributed by atoms with Gasteiger partial charge in [0.25, 0.3) is 5.91 Å². The lowest BCUT2D eigenvalue weighted by Gasteiger charge is -2.27. The molecule has 1 amide bonds. The molecule has 1 aliphatic heterocycles. The van der Waals surface area contributed by atoms with Crippen molar-refractivity contribution in [1.29, 1.82) is 0 Å². The molecule has 1 heterocycles. The van der Waals surface area contributed by atoms with Crippen molar-refractivity contribution in [2.75, 3.05) is 13.2 Å². The van der Waals surface area contributed by atoms with Crippen LogP contribution >= 0.6 is 0 Å². The summed E-state index contributed by atoms with van der Waals surface area (Å²) in [5, 5.41) is 5.49. The van der Waals surface area contributed by atoms with Crippen molar-refractivity contribution in [1.82, 2.24) is 5.32 Å². The van der Waals surface area contributed by atoms with Gasteiger partial charge in [-0.2, -0.15) is 0 Å². The van der Waals surface area contributed by atoms with Crippen molar-refractivity contribution in [2.24, 2.45) is 5.73 Å². The molecule has 4 nitrogen and oxygen atoms in total. The minimum atomic E-state index is -0.0684. The lowest BCUT2D eigenvalue weighted by molar-refractivity contribution is 0.0915. The third kappa shape index (κ3) is 3.28. The molecule has 1 unspecified atom stereocenters. The zero-order valence-electron chi connectivity index (χ0n) is 14.6. The number of benzene rings is 3. The molecular formula is C22H22N2O2. The van der Waals surface area contributed by atoms with Crippen molar-refractivity contribution in [3.05, 3.63) is 77.4 Å². The third-order valence-electron chi connectivity index (χ3n) is 4.85. The van der Waals surface area contributed by atoms with E-state index in [1.54, 1.807) is 0 Å². The molecule has 4 rings (SSSR count). The summed E-state index contributed by atoms with van der Waals surface area (Å²) in [6, 6.07) is 20.0. The van der Waals surface area contributed by atoms with Crippen molar-refractivity contribution < 1.29 is 9.53 Å². The standard InChI is InChI=1S/C22H22N2O2/c23-11-10-15-4-3-6-17(12-15)22(25)24-18-13-20-19-7-2-1-5-16(19)8-9-21(20)26-14-18/h1-9,12,18H,10-11,13-14,23H2,(H,24,25). The number of hydrogen-bond acceptors (Lipinski definition) is 3. The molecule has 3 aromatic carbocycles. The Kier molecular flexibility index (Phi) is 4.59. The molecule has 0 bridgehead atoms. The van der Waals surface area contributed by atoms with E-state index < -0.39 is 0 Å². The van der Waals surface area contributed by atoms with Gasteiger partial charge in [0.1, 0.15) is 12.4 Å². The second-order valence-electron chi connectivity index (χ2n) is 6.69. The number of nitrogens with two attached hydrogens (primary N) is 1. The highest BCUT2D eigenvalue weighted by atomic mass is 16.5. The molecule has 0 saturated carbocycles. The second-order valence-corrected chi connectivity index (χ2v) is 6.69. The molecule has 1 aliphatic rings. The van der Waals surface area contributed by atoms with E-state index in [4.69, 9.17) is 10.5 Å². The summed E-state index contributed by atoms with van der Waals surface area (Å²) in [6.07, 6.45) is 1.54. The highest BCUT2D eigenvalue weighted by molar-refractivity contribution is 5.94. The van der Waals surface area contributed by atoms with Gasteiger partial charge >= 0.3 is 0 Å². The van der Waals surface area contributed by atoms with E-state index in [2.05, 4.69) is 23.5 Å². The quantitative estimate of drug-likeness (QED) is 0.763. The predicted octanol–water partition coefficient (Wildman–Crippen LogP) is 3.07. The number of amides is 1. The average molecular weight is 346 g/mol. The molecule has 0 saturated heterocycles. The first kappa shape index (κ1) is 16.6. The van der Waals surface area contributed by atoms with E-state index in [1.807, 2.05) is 42.5 Å². The van der Waals surface area contributed by atoms with Crippen LogP contribution in [-0.4, -0.2) is 25.1 Å². The van der Waals surface area contributed by atoms with Crippen LogP contribution in [0.25, 0.3) is 10.8 Å². The molecule has 132 valence electrons. The molecule has 0 aliphatic carbocycles. The number of ether oxygens (including phenoxy) is 1. The van der Waals surface area contributed by atoms with E-state index in [9.17, 15) is 4.79 Å². The minimum absolute atomic E-state index is 0.0426. The number of fused-ring (bicyclic) bond motifs is 3. The van der Waals surface area contributed by atoms with Crippen molar-refractivity contribution in [2.45, 2.75) is 18.9 Å². The van der Waals surface area contributed by atoms with Gasteiger partial charge in [-0.3, -0.25) is 4.79 Å². The van der Waals surface area contributed by atoms with Crippen molar-refractivity contribution in [3.63, 3.8) is 0 Å². The summed E-state index contributed by atoms with van der Waals surface area (Å²) in [7, 11) is 0. The molecular weight excluding hydrogens is 324 g/mol. The first-order valence-electron chi connectivity index (χ1n) is 8.98. The Hall–Kier alpha value is -2.85. The third-order valence-corrected chi connectivity index (χ3v) is 4.85. The van der Waals surface area contributed by atoms with Gasteiger partial charge < -0.3 is 15.8 Å². The van der Waals surface area contributed by atoms with E-state index in [0.717, 1.165) is 29.7 Å². The van der Waals surface area contributed by atoms with Gasteiger partial charge in [-0.1, -0.05) is 42.5 Å². The first-order valence-corrected chi connectivity index (χ1v) is 8.98. The van der Waals surface area contributed by atoms with E-state index in [-0.39, 0.29) is 11.9 Å². The topological polar surface area (TPSA) is 64.4 Å². The molecule has 4 heteroatoms. The van der Waals surface area contributed by atoms with Gasteiger partial charge in [0.15, 0.2) is 0 Å². The second kappa shape index (κ2) is 7.18. The Bertz CT molecular complexity index is 952. The average Bonchev–Trinajstić information content (AvgIpc) is 2.68. The van der Waals surface area contributed by atoms with Crippen molar-refractivity contribution in [3.8, 4) is 5.75 Å². The van der Waals surface area contributed by atoms with Gasteiger partial charge in [0, 0.05) is 17.5 Å². The van der Waals surface area contributed by atoms with Crippen LogP contribution in [-0.2, 0) is 12.8 Å². The van der Waals surface area contributed by atoms with Gasteiger partial charge in [0.05, 0.1) is 6.04 Å². The summed E-state index contributed by atoms with van der Waals surface area (Å²) in [5.41, 5.74) is 8.52. The molecule has 0 radical (unpaired) electrons. The zero-order valence-corrected chi connectivity index (χ0v) is 14.6. The van der Waals surface area contributed by atoms with Crippen LogP contribution in [0.1, 0.15) is 21.5 Å². The molecule has 0 fully saturated rings. The van der Waals surface area contributed by atoms with Crippen LogP contribution in [0.2, 0.25) is 0 Å². The minimum Gasteiger partial charge on any atom is -0.491 e. The van der Waals surface area contributed by atoms with Gasteiger partial charge in [-0.25, -0.2) is 0 Å². The summed E-state index contributed by atoms with van der Waals surface area (Å²) >= 11 is 0. The number of hydrogen-bond donors (Lipinski definition) is 2. The number of carbonyl (C=O) groups excluding carboxylic acids is 1. The van der Waals surface area contributed by atoms with E-state index in [0.29, 0.717) is 18.7 Å². The van der Waals surface area contributed by atoms with Crippen LogP contribution in [0.15, 0.2) is 60.7 Å². The van der Waals surface area contributed by atoms with Gasteiger partial charge in [-0.15, -0.1) is 0 Å². The lowest BCUT2D eigenvalue weighted by Crippen LogP contribution is -2.42. The fourth-order valence-electron chi connectivity index (χ4n) is 3.55. The molecule has 1 atom stereocenters. The van der Waals surface area contributed by atoms with Crippen LogP contribution in [0.5, 0.6) is 5.75 Å². The predicted molar refractivity (Wildman–Crippen MR) is 104 cm³/mol. The Morgan fingerprint density at radius 2 is 2.00 bits per heavy atom. The highest BCUT2D eigenvalue weighted by Gasteiger charge is 2.23. The monoisotopic (exact) mass is 346 g/mol. The molecule has 0 aromatic heterocycles. The maximum atomic E-state index is 12.6. The smallest absolute Gasteiger partial charge is 0.251 e. The van der Waals surface area contributed by atoms with Gasteiger partial charge in [0.2, 0.25) is 0 Å². The maximum absolute atomic E-state index is 12.6. The summed E-state index contributed by atoms with van der Waals surface area (Å²) in [5.74, 6) is 0.848. The maximum Gasteiger partial charge on any atom is 0.251 e. The number of rotatable bonds is 4. The fourth-order valence-corrected chi connectivity index (χ4v) is 3.55. The molecule has 3 N–H and O–H groups in total. The van der Waals surface area contributed by atoms with E-state index in [1.165, 1.54) is 10.8 Å². The molecule has 0 spiro atoms. The SMILES string of the molecule is NCCc1cccc(C(=O)NC2COc3ccc4ccccc4c3C2)c1. The summed E-state index contributed by atoms with van der Waals surface area (Å²) in [4.78, 5) is 12.6. The molecule has 3 aromatic rings. The van der Waals surface area contributed by atoms with E-state index >= 15 is 0 Å². The Morgan fingerprint density at radius 1 is 1.12 bits per heavy atom. The normalized spacial score (nSPS) is 16.0. The van der Waals surface area contributed by atoms with Gasteiger partial charge in [-0.05, 0) is 47.5 Å². The Morgan fingerprint density at radius 3 is 2.88 bits per heavy atom. The molecule has 26 heavy (non-hydrogen) atoms. The van der Waals surface area contributed by atoms with Crippen molar-refractivity contribution >= 4 is 16.7 Å². The first-order chi connectivity index (χ1) is 12.7. The zero-order chi connectivity index (χ0) is 17.9. The summed E-state index contributed by atoms with van der Waals surface area (Å²) in [6.45, 7) is 1.06. The van der Waals surface area contributed by atoms with Crippen LogP contribution in [0.3, 0.4) is 0 Å². The fraction of sp³-hybridized carbons (Fsp3) is 0.227. The Labute approximate surface area is 153 Å². The lowest BCUT2D eigenvalue weighted by atomic mass is 9.96. The highest BCUT2D eigenvalue weighted by Crippen LogP contribution is 2.32. The number of carbonyl (C=O) groups is 1. The van der Waals surface area contributed by atoms with Crippen LogP contribution < -0.4 is 15.8 Å². The summed E-state index contributed by atoms with van der Waals surface area (Å²) < 4.78 is 5.91. The number of nitrogens with one attached hydrogen (secondary N) is 1. The Balaban J connectivity index is 1.53. The van der Waals surface area contributed by atoms with Crippen LogP contribution in [0.4, 0.5) is 0 Å². The largest absolute Gasteiger partial charge is 0.491 e.